The van der Waals surface area contributed by atoms with Crippen LogP contribution in [-0.2, 0) is 0 Å². The molecule has 0 aromatic carbocycles. The maximum Gasteiger partial charge on any atom is 0.0144 e. The van der Waals surface area contributed by atoms with Crippen LogP contribution in [0.3, 0.4) is 0 Å². The van der Waals surface area contributed by atoms with E-state index in [0.717, 1.165) is 5.92 Å². The van der Waals surface area contributed by atoms with Gasteiger partial charge in [0.1, 0.15) is 0 Å². The fourth-order valence-corrected chi connectivity index (χ4v) is 4.19. The summed E-state index contributed by atoms with van der Waals surface area (Å²) in [6.45, 7) is 10.6. The Labute approximate surface area is 113 Å². The molecule has 1 saturated carbocycles. The summed E-state index contributed by atoms with van der Waals surface area (Å²) < 4.78 is 0. The van der Waals surface area contributed by atoms with Gasteiger partial charge < -0.3 is 10.6 Å². The number of hydrogen-bond donors (Lipinski definition) is 2. The topological polar surface area (TPSA) is 24.1 Å². The van der Waals surface area contributed by atoms with E-state index in [1.807, 2.05) is 0 Å². The van der Waals surface area contributed by atoms with Crippen LogP contribution in [0.1, 0.15) is 72.6 Å². The predicted molar refractivity (Wildman–Crippen MR) is 78.9 cm³/mol. The molecule has 0 unspecified atom stereocenters. The molecule has 1 aliphatic carbocycles. The van der Waals surface area contributed by atoms with Gasteiger partial charge in [-0.3, -0.25) is 0 Å². The molecule has 1 heterocycles. The van der Waals surface area contributed by atoms with Crippen molar-refractivity contribution < 1.29 is 0 Å². The molecular weight excluding hydrogens is 220 g/mol. The molecule has 0 atom stereocenters. The van der Waals surface area contributed by atoms with Crippen molar-refractivity contribution in [2.75, 3.05) is 6.54 Å². The van der Waals surface area contributed by atoms with Gasteiger partial charge in [0.2, 0.25) is 0 Å². The van der Waals surface area contributed by atoms with Crippen molar-refractivity contribution in [2.45, 2.75) is 89.8 Å². The number of hydrogen-bond acceptors (Lipinski definition) is 2. The molecule has 0 radical (unpaired) electrons. The third kappa shape index (κ3) is 4.24. The molecule has 2 heteroatoms. The van der Waals surface area contributed by atoms with E-state index in [9.17, 15) is 0 Å². The average Bonchev–Trinajstić information content (AvgIpc) is 2.24. The van der Waals surface area contributed by atoms with Crippen LogP contribution < -0.4 is 10.6 Å². The Hall–Kier alpha value is -0.0800. The van der Waals surface area contributed by atoms with Gasteiger partial charge in [0.05, 0.1) is 0 Å². The summed E-state index contributed by atoms with van der Waals surface area (Å²) in [7, 11) is 0. The summed E-state index contributed by atoms with van der Waals surface area (Å²) in [5.74, 6) is 0.944. The highest BCUT2D eigenvalue weighted by Gasteiger charge is 2.37. The lowest BCUT2D eigenvalue weighted by Crippen LogP contribution is -2.61. The normalized spacial score (nSPS) is 29.3. The first-order chi connectivity index (χ1) is 8.36. The van der Waals surface area contributed by atoms with Crippen molar-refractivity contribution >= 4 is 0 Å². The second kappa shape index (κ2) is 5.50. The molecule has 106 valence electrons. The van der Waals surface area contributed by atoms with E-state index in [4.69, 9.17) is 0 Å². The lowest BCUT2D eigenvalue weighted by atomic mass is 9.79. The van der Waals surface area contributed by atoms with E-state index < -0.39 is 0 Å². The minimum atomic E-state index is 0.270. The summed E-state index contributed by atoms with van der Waals surface area (Å²) in [6.07, 6.45) is 9.77. The van der Waals surface area contributed by atoms with Crippen molar-refractivity contribution in [2.24, 2.45) is 5.92 Å². The lowest BCUT2D eigenvalue weighted by molar-refractivity contribution is 0.141. The molecule has 2 fully saturated rings. The Morgan fingerprint density at radius 2 is 1.50 bits per heavy atom. The van der Waals surface area contributed by atoms with E-state index >= 15 is 0 Å². The summed E-state index contributed by atoms with van der Waals surface area (Å²) in [5, 5.41) is 7.62. The first kappa shape index (κ1) is 14.3. The maximum absolute atomic E-state index is 3.86. The van der Waals surface area contributed by atoms with Crippen molar-refractivity contribution in [3.63, 3.8) is 0 Å². The van der Waals surface area contributed by atoms with E-state index in [0.29, 0.717) is 6.04 Å². The second-order valence-electron chi connectivity index (χ2n) is 7.91. The minimum Gasteiger partial charge on any atom is -0.314 e. The largest absolute Gasteiger partial charge is 0.314 e. The SMILES string of the molecule is CC1(C)CC(NCC2CCCCC2)CC(C)(C)N1. The molecule has 0 bridgehead atoms. The average molecular weight is 252 g/mol. The minimum absolute atomic E-state index is 0.270. The fourth-order valence-electron chi connectivity index (χ4n) is 4.19. The molecule has 2 nitrogen and oxygen atoms in total. The van der Waals surface area contributed by atoms with E-state index in [1.54, 1.807) is 0 Å². The third-order valence-electron chi connectivity index (χ3n) is 4.61. The van der Waals surface area contributed by atoms with Crippen molar-refractivity contribution in [1.29, 1.82) is 0 Å². The number of rotatable bonds is 3. The first-order valence-electron chi connectivity index (χ1n) is 7.89. The molecular formula is C16H32N2. The monoisotopic (exact) mass is 252 g/mol. The summed E-state index contributed by atoms with van der Waals surface area (Å²) in [5.41, 5.74) is 0.540. The van der Waals surface area contributed by atoms with Gasteiger partial charge >= 0.3 is 0 Å². The van der Waals surface area contributed by atoms with E-state index in [2.05, 4.69) is 38.3 Å². The van der Waals surface area contributed by atoms with Crippen molar-refractivity contribution in [3.8, 4) is 0 Å². The Kier molecular flexibility index (Phi) is 4.38. The van der Waals surface area contributed by atoms with Crippen LogP contribution in [0.15, 0.2) is 0 Å². The highest BCUT2D eigenvalue weighted by molar-refractivity contribution is 4.99. The van der Waals surface area contributed by atoms with Crippen molar-refractivity contribution in [1.82, 2.24) is 10.6 Å². The number of piperidine rings is 1. The highest BCUT2D eigenvalue weighted by Crippen LogP contribution is 2.29. The summed E-state index contributed by atoms with van der Waals surface area (Å²) in [6, 6.07) is 0.693. The zero-order valence-electron chi connectivity index (χ0n) is 12.8. The van der Waals surface area contributed by atoms with Gasteiger partial charge in [0.25, 0.3) is 0 Å². The van der Waals surface area contributed by atoms with Crippen LogP contribution in [0.4, 0.5) is 0 Å². The number of nitrogens with one attached hydrogen (secondary N) is 2. The Bertz CT molecular complexity index is 248. The zero-order valence-corrected chi connectivity index (χ0v) is 12.8. The molecule has 1 aliphatic heterocycles. The summed E-state index contributed by atoms with van der Waals surface area (Å²) >= 11 is 0. The van der Waals surface area contributed by atoms with Crippen molar-refractivity contribution in [3.05, 3.63) is 0 Å². The Morgan fingerprint density at radius 3 is 2.06 bits per heavy atom. The van der Waals surface area contributed by atoms with Gasteiger partial charge in [0, 0.05) is 17.1 Å². The first-order valence-corrected chi connectivity index (χ1v) is 7.89. The Morgan fingerprint density at radius 1 is 0.944 bits per heavy atom. The van der Waals surface area contributed by atoms with Crippen LogP contribution >= 0.6 is 0 Å². The summed E-state index contributed by atoms with van der Waals surface area (Å²) in [4.78, 5) is 0. The van der Waals surface area contributed by atoms with Crippen LogP contribution in [0.25, 0.3) is 0 Å². The zero-order chi connectivity index (χ0) is 13.2. The smallest absolute Gasteiger partial charge is 0.0144 e. The van der Waals surface area contributed by atoms with Gasteiger partial charge in [-0.2, -0.15) is 0 Å². The van der Waals surface area contributed by atoms with Gasteiger partial charge in [0.15, 0.2) is 0 Å². The molecule has 0 spiro atoms. The van der Waals surface area contributed by atoms with Crippen LogP contribution in [0.2, 0.25) is 0 Å². The van der Waals surface area contributed by atoms with Gasteiger partial charge in [-0.05, 0) is 65.8 Å². The lowest BCUT2D eigenvalue weighted by Gasteiger charge is -2.47. The standard InChI is InChI=1S/C16H32N2/c1-15(2)10-14(11-16(3,4)18-15)17-12-13-8-6-5-7-9-13/h13-14,17-18H,5-12H2,1-4H3. The maximum atomic E-state index is 3.86. The molecule has 18 heavy (non-hydrogen) atoms. The molecule has 0 aromatic heterocycles. The molecule has 2 N–H and O–H groups in total. The van der Waals surface area contributed by atoms with E-state index in [1.165, 1.54) is 51.5 Å². The molecule has 2 rings (SSSR count). The molecule has 0 amide bonds. The predicted octanol–water partition coefficient (Wildman–Crippen LogP) is 3.47. The van der Waals surface area contributed by atoms with Gasteiger partial charge in [-0.1, -0.05) is 19.3 Å². The fraction of sp³-hybridized carbons (Fsp3) is 1.00. The second-order valence-corrected chi connectivity index (χ2v) is 7.91. The van der Waals surface area contributed by atoms with Crippen LogP contribution in [0.5, 0.6) is 0 Å². The van der Waals surface area contributed by atoms with Crippen LogP contribution in [-0.4, -0.2) is 23.7 Å². The molecule has 1 saturated heterocycles. The van der Waals surface area contributed by atoms with Crippen LogP contribution in [0, 0.1) is 5.92 Å². The quantitative estimate of drug-likeness (QED) is 0.804. The van der Waals surface area contributed by atoms with Gasteiger partial charge in [-0.25, -0.2) is 0 Å². The van der Waals surface area contributed by atoms with E-state index in [-0.39, 0.29) is 11.1 Å². The molecule has 0 aromatic rings. The van der Waals surface area contributed by atoms with Gasteiger partial charge in [-0.15, -0.1) is 0 Å². The third-order valence-corrected chi connectivity index (χ3v) is 4.61. The highest BCUT2D eigenvalue weighted by atomic mass is 15.1. The molecule has 2 aliphatic rings. The Balaban J connectivity index is 1.81.